The number of rotatable bonds is 3. The van der Waals surface area contributed by atoms with Crippen molar-refractivity contribution >= 4 is 15.9 Å². The molecule has 0 fully saturated rings. The number of halogens is 1. The van der Waals surface area contributed by atoms with Crippen LogP contribution < -0.4 is 0 Å². The van der Waals surface area contributed by atoms with Gasteiger partial charge >= 0.3 is 0 Å². The van der Waals surface area contributed by atoms with Gasteiger partial charge in [0.1, 0.15) is 0 Å². The maximum absolute atomic E-state index is 8.95. The molecule has 1 aromatic carbocycles. The van der Waals surface area contributed by atoms with Gasteiger partial charge in [0, 0.05) is 4.47 Å². The van der Waals surface area contributed by atoms with Gasteiger partial charge in [-0.05, 0) is 48.6 Å². The van der Waals surface area contributed by atoms with Crippen molar-refractivity contribution in [3.8, 4) is 6.07 Å². The van der Waals surface area contributed by atoms with E-state index < -0.39 is 0 Å². The SMILES string of the molecule is N#Cc1ccc(Br)c(COC2CCCc3cn[nH]c32)c1. The molecule has 1 atom stereocenters. The molecule has 1 N–H and O–H groups in total. The minimum absolute atomic E-state index is 0.0684. The number of aryl methyl sites for hydroxylation is 1. The average molecular weight is 332 g/mol. The fourth-order valence-corrected chi connectivity index (χ4v) is 2.89. The molecule has 0 amide bonds. The summed E-state index contributed by atoms with van der Waals surface area (Å²) in [5.41, 5.74) is 4.00. The number of nitrogens with one attached hydrogen (secondary N) is 1. The predicted molar refractivity (Wildman–Crippen MR) is 77.9 cm³/mol. The van der Waals surface area contributed by atoms with E-state index in [1.165, 1.54) is 5.56 Å². The maximum atomic E-state index is 8.95. The van der Waals surface area contributed by atoms with Crippen LogP contribution in [0.4, 0.5) is 0 Å². The lowest BCUT2D eigenvalue weighted by molar-refractivity contribution is 0.0252. The third-order valence-corrected chi connectivity index (χ3v) is 4.37. The topological polar surface area (TPSA) is 61.7 Å². The molecule has 1 aliphatic rings. The van der Waals surface area contributed by atoms with Crippen LogP contribution in [-0.4, -0.2) is 10.2 Å². The lowest BCUT2D eigenvalue weighted by Crippen LogP contribution is -2.12. The Bertz CT molecular complexity index is 659. The zero-order chi connectivity index (χ0) is 13.9. The maximum Gasteiger partial charge on any atom is 0.0996 e. The van der Waals surface area contributed by atoms with Crippen LogP contribution in [0, 0.1) is 11.3 Å². The summed E-state index contributed by atoms with van der Waals surface area (Å²) >= 11 is 3.50. The molecule has 102 valence electrons. The van der Waals surface area contributed by atoms with Gasteiger partial charge in [-0.2, -0.15) is 10.4 Å². The van der Waals surface area contributed by atoms with Crippen LogP contribution in [0.25, 0.3) is 0 Å². The molecule has 1 heterocycles. The number of hydrogen-bond donors (Lipinski definition) is 1. The zero-order valence-electron chi connectivity index (χ0n) is 10.9. The summed E-state index contributed by atoms with van der Waals surface area (Å²) in [6, 6.07) is 7.69. The average Bonchev–Trinajstić information content (AvgIpc) is 2.95. The van der Waals surface area contributed by atoms with E-state index in [1.54, 1.807) is 6.07 Å². The van der Waals surface area contributed by atoms with Crippen LogP contribution in [0.15, 0.2) is 28.9 Å². The minimum Gasteiger partial charge on any atom is -0.367 e. The van der Waals surface area contributed by atoms with Crippen molar-refractivity contribution in [2.24, 2.45) is 0 Å². The molecular formula is C15H14BrN3O. The van der Waals surface area contributed by atoms with Gasteiger partial charge < -0.3 is 4.74 Å². The Morgan fingerprint density at radius 2 is 2.40 bits per heavy atom. The van der Waals surface area contributed by atoms with Crippen LogP contribution in [0.2, 0.25) is 0 Å². The number of benzene rings is 1. The molecule has 4 nitrogen and oxygen atoms in total. The first-order chi connectivity index (χ1) is 9.78. The molecule has 1 aliphatic carbocycles. The number of nitriles is 1. The van der Waals surface area contributed by atoms with Crippen molar-refractivity contribution < 1.29 is 4.74 Å². The highest BCUT2D eigenvalue weighted by molar-refractivity contribution is 9.10. The van der Waals surface area contributed by atoms with Crippen molar-refractivity contribution in [1.82, 2.24) is 10.2 Å². The first-order valence-corrected chi connectivity index (χ1v) is 7.39. The van der Waals surface area contributed by atoms with Crippen molar-refractivity contribution in [2.45, 2.75) is 32.0 Å². The Labute approximate surface area is 125 Å². The summed E-state index contributed by atoms with van der Waals surface area (Å²) in [5, 5.41) is 16.1. The van der Waals surface area contributed by atoms with Gasteiger partial charge in [-0.15, -0.1) is 0 Å². The van der Waals surface area contributed by atoms with Crippen LogP contribution >= 0.6 is 15.9 Å². The van der Waals surface area contributed by atoms with E-state index in [-0.39, 0.29) is 6.10 Å². The summed E-state index contributed by atoms with van der Waals surface area (Å²) in [6.07, 6.45) is 5.15. The van der Waals surface area contributed by atoms with E-state index in [0.29, 0.717) is 12.2 Å². The number of ether oxygens (including phenoxy) is 1. The molecule has 5 heteroatoms. The van der Waals surface area contributed by atoms with E-state index in [4.69, 9.17) is 10.00 Å². The number of aromatic nitrogens is 2. The van der Waals surface area contributed by atoms with Gasteiger partial charge in [0.2, 0.25) is 0 Å². The van der Waals surface area contributed by atoms with Gasteiger partial charge in [-0.1, -0.05) is 15.9 Å². The van der Waals surface area contributed by atoms with Crippen molar-refractivity contribution in [1.29, 1.82) is 5.26 Å². The van der Waals surface area contributed by atoms with Gasteiger partial charge in [0.05, 0.1) is 36.2 Å². The Kier molecular flexibility index (Phi) is 3.86. The molecule has 0 saturated heterocycles. The molecule has 2 aromatic rings. The lowest BCUT2D eigenvalue weighted by atomic mass is 9.96. The van der Waals surface area contributed by atoms with Crippen LogP contribution in [-0.2, 0) is 17.8 Å². The fraction of sp³-hybridized carbons (Fsp3) is 0.333. The Hall–Kier alpha value is -1.64. The summed E-state index contributed by atoms with van der Waals surface area (Å²) in [5.74, 6) is 0. The Balaban J connectivity index is 1.74. The molecular weight excluding hydrogens is 318 g/mol. The molecule has 20 heavy (non-hydrogen) atoms. The van der Waals surface area contributed by atoms with Gasteiger partial charge in [0.25, 0.3) is 0 Å². The number of aromatic amines is 1. The van der Waals surface area contributed by atoms with Crippen LogP contribution in [0.1, 0.15) is 41.3 Å². The molecule has 0 radical (unpaired) electrons. The van der Waals surface area contributed by atoms with Gasteiger partial charge in [-0.25, -0.2) is 0 Å². The third-order valence-electron chi connectivity index (χ3n) is 3.60. The van der Waals surface area contributed by atoms with Gasteiger partial charge in [-0.3, -0.25) is 5.10 Å². The molecule has 0 saturated carbocycles. The molecule has 0 bridgehead atoms. The quantitative estimate of drug-likeness (QED) is 0.933. The molecule has 3 rings (SSSR count). The smallest absolute Gasteiger partial charge is 0.0996 e. The predicted octanol–water partition coefficient (Wildman–Crippen LogP) is 3.64. The molecule has 0 spiro atoms. The molecule has 1 unspecified atom stereocenters. The normalized spacial score (nSPS) is 17.5. The lowest BCUT2D eigenvalue weighted by Gasteiger charge is -2.22. The Morgan fingerprint density at radius 3 is 3.25 bits per heavy atom. The van der Waals surface area contributed by atoms with E-state index in [9.17, 15) is 0 Å². The van der Waals surface area contributed by atoms with Crippen molar-refractivity contribution in [2.75, 3.05) is 0 Å². The van der Waals surface area contributed by atoms with Gasteiger partial charge in [0.15, 0.2) is 0 Å². The largest absolute Gasteiger partial charge is 0.367 e. The van der Waals surface area contributed by atoms with Crippen molar-refractivity contribution in [3.05, 3.63) is 51.3 Å². The van der Waals surface area contributed by atoms with E-state index in [2.05, 4.69) is 32.2 Å². The summed E-state index contributed by atoms with van der Waals surface area (Å²) in [6.45, 7) is 0.485. The second-order valence-electron chi connectivity index (χ2n) is 4.92. The van der Waals surface area contributed by atoms with E-state index in [1.807, 2.05) is 18.3 Å². The first kappa shape index (κ1) is 13.3. The number of nitrogens with zero attached hydrogens (tertiary/aromatic N) is 2. The number of hydrogen-bond acceptors (Lipinski definition) is 3. The molecule has 0 aliphatic heterocycles. The number of H-pyrrole nitrogens is 1. The second kappa shape index (κ2) is 5.78. The van der Waals surface area contributed by atoms with E-state index in [0.717, 1.165) is 35.0 Å². The summed E-state index contributed by atoms with van der Waals surface area (Å²) < 4.78 is 6.99. The third kappa shape index (κ3) is 2.62. The monoisotopic (exact) mass is 331 g/mol. The highest BCUT2D eigenvalue weighted by Crippen LogP contribution is 2.32. The minimum atomic E-state index is 0.0684. The Morgan fingerprint density at radius 1 is 1.50 bits per heavy atom. The van der Waals surface area contributed by atoms with Crippen molar-refractivity contribution in [3.63, 3.8) is 0 Å². The highest BCUT2D eigenvalue weighted by atomic mass is 79.9. The number of fused-ring (bicyclic) bond motifs is 1. The van der Waals surface area contributed by atoms with E-state index >= 15 is 0 Å². The fourth-order valence-electron chi connectivity index (χ4n) is 2.53. The van der Waals surface area contributed by atoms with Crippen LogP contribution in [0.3, 0.4) is 0 Å². The molecule has 1 aromatic heterocycles. The standard InChI is InChI=1S/C15H14BrN3O/c16-13-5-4-10(7-17)6-12(13)9-20-14-3-1-2-11-8-18-19-15(11)14/h4-6,8,14H,1-3,9H2,(H,18,19). The summed E-state index contributed by atoms with van der Waals surface area (Å²) in [4.78, 5) is 0. The summed E-state index contributed by atoms with van der Waals surface area (Å²) in [7, 11) is 0. The first-order valence-electron chi connectivity index (χ1n) is 6.60. The second-order valence-corrected chi connectivity index (χ2v) is 5.77. The zero-order valence-corrected chi connectivity index (χ0v) is 12.5. The van der Waals surface area contributed by atoms with Crippen LogP contribution in [0.5, 0.6) is 0 Å². The highest BCUT2D eigenvalue weighted by Gasteiger charge is 2.22.